The van der Waals surface area contributed by atoms with Crippen molar-refractivity contribution >= 4 is 15.8 Å². The second-order valence-electron chi connectivity index (χ2n) is 3.57. The minimum Gasteiger partial charge on any atom is -0.298 e. The van der Waals surface area contributed by atoms with Gasteiger partial charge in [-0.1, -0.05) is 0 Å². The number of hydrogen-bond donors (Lipinski definition) is 0. The van der Waals surface area contributed by atoms with E-state index in [1.54, 1.807) is 13.8 Å². The van der Waals surface area contributed by atoms with Gasteiger partial charge in [-0.3, -0.25) is 4.79 Å². The Morgan fingerprint density at radius 1 is 1.42 bits per heavy atom. The molecule has 0 aromatic heterocycles. The number of ketones is 1. The Labute approximate surface area is 72.6 Å². The molecule has 0 saturated carbocycles. The van der Waals surface area contributed by atoms with Gasteiger partial charge >= 0.3 is 0 Å². The predicted octanol–water partition coefficient (Wildman–Crippen LogP) is -0.000600. The first kappa shape index (κ1) is 9.67. The number of carbonyl (C=O) groups is 1. The second kappa shape index (κ2) is 2.53. The average molecular weight is 191 g/mol. The van der Waals surface area contributed by atoms with E-state index in [-0.39, 0.29) is 5.78 Å². The van der Waals surface area contributed by atoms with Crippen LogP contribution >= 0.6 is 0 Å². The number of hydrogen-bond acceptors (Lipinski definition) is 3. The van der Waals surface area contributed by atoms with Gasteiger partial charge in [-0.2, -0.15) is 4.31 Å². The third kappa shape index (κ3) is 1.38. The van der Waals surface area contributed by atoms with Gasteiger partial charge in [0.1, 0.15) is 0 Å². The summed E-state index contributed by atoms with van der Waals surface area (Å²) in [7, 11) is -3.23. The molecule has 0 aromatic carbocycles. The lowest BCUT2D eigenvalue weighted by Gasteiger charge is -2.27. The lowest BCUT2D eigenvalue weighted by atomic mass is 10.0. The Balaban J connectivity index is 3.06. The van der Waals surface area contributed by atoms with Gasteiger partial charge in [-0.25, -0.2) is 8.42 Å². The van der Waals surface area contributed by atoms with Gasteiger partial charge < -0.3 is 0 Å². The molecule has 4 nitrogen and oxygen atoms in total. The first-order chi connectivity index (χ1) is 5.26. The third-order valence-electron chi connectivity index (χ3n) is 2.25. The molecule has 0 radical (unpaired) electrons. The maximum atomic E-state index is 11.2. The quantitative estimate of drug-likeness (QED) is 0.586. The molecular weight excluding hydrogens is 178 g/mol. The molecule has 0 aliphatic carbocycles. The van der Waals surface area contributed by atoms with Crippen LogP contribution in [-0.2, 0) is 14.8 Å². The molecule has 0 atom stereocenters. The SMILES string of the molecule is CC1(C)C(=O)CCN1S(C)(=O)=O. The lowest BCUT2D eigenvalue weighted by molar-refractivity contribution is -0.122. The number of nitrogens with zero attached hydrogens (tertiary/aromatic N) is 1. The van der Waals surface area contributed by atoms with Crippen molar-refractivity contribution in [1.29, 1.82) is 0 Å². The van der Waals surface area contributed by atoms with Gasteiger partial charge in [0, 0.05) is 13.0 Å². The van der Waals surface area contributed by atoms with E-state index in [1.165, 1.54) is 4.31 Å². The van der Waals surface area contributed by atoms with E-state index in [2.05, 4.69) is 0 Å². The molecule has 0 bridgehead atoms. The fourth-order valence-corrected chi connectivity index (χ4v) is 2.86. The first-order valence-electron chi connectivity index (χ1n) is 3.77. The van der Waals surface area contributed by atoms with Crippen LogP contribution in [0.3, 0.4) is 0 Å². The first-order valence-corrected chi connectivity index (χ1v) is 5.62. The highest BCUT2D eigenvalue weighted by Crippen LogP contribution is 2.27. The predicted molar refractivity (Wildman–Crippen MR) is 45.3 cm³/mol. The third-order valence-corrected chi connectivity index (χ3v) is 3.69. The molecule has 0 N–H and O–H groups in total. The molecule has 5 heteroatoms. The molecule has 0 spiro atoms. The summed E-state index contributed by atoms with van der Waals surface area (Å²) >= 11 is 0. The second-order valence-corrected chi connectivity index (χ2v) is 5.47. The molecule has 1 rings (SSSR count). The van der Waals surface area contributed by atoms with E-state index in [0.717, 1.165) is 6.26 Å². The van der Waals surface area contributed by atoms with Crippen LogP contribution in [0, 0.1) is 0 Å². The normalized spacial score (nSPS) is 24.8. The zero-order valence-corrected chi connectivity index (χ0v) is 8.31. The number of sulfonamides is 1. The molecule has 12 heavy (non-hydrogen) atoms. The molecular formula is C7H13NO3S. The highest BCUT2D eigenvalue weighted by atomic mass is 32.2. The van der Waals surface area contributed by atoms with Crippen LogP contribution in [0.2, 0.25) is 0 Å². The summed E-state index contributed by atoms with van der Waals surface area (Å²) in [5.74, 6) is -0.00655. The van der Waals surface area contributed by atoms with Gasteiger partial charge in [0.2, 0.25) is 10.0 Å². The molecule has 1 heterocycles. The maximum Gasteiger partial charge on any atom is 0.212 e. The Kier molecular flexibility index (Phi) is 2.04. The van der Waals surface area contributed by atoms with Crippen LogP contribution in [0.1, 0.15) is 20.3 Å². The molecule has 0 amide bonds. The number of carbonyl (C=O) groups excluding carboxylic acids is 1. The van der Waals surface area contributed by atoms with Crippen LogP contribution in [0.5, 0.6) is 0 Å². The summed E-state index contributed by atoms with van der Waals surface area (Å²) in [6, 6.07) is 0. The van der Waals surface area contributed by atoms with Gasteiger partial charge in [-0.15, -0.1) is 0 Å². The number of rotatable bonds is 1. The molecule has 1 aliphatic rings. The van der Waals surface area contributed by atoms with Crippen LogP contribution in [0.15, 0.2) is 0 Å². The summed E-state index contributed by atoms with van der Waals surface area (Å²) < 4.78 is 23.6. The Morgan fingerprint density at radius 2 is 1.92 bits per heavy atom. The zero-order chi connectivity index (χ0) is 9.57. The van der Waals surface area contributed by atoms with Crippen molar-refractivity contribution in [3.8, 4) is 0 Å². The topological polar surface area (TPSA) is 54.5 Å². The highest BCUT2D eigenvalue weighted by molar-refractivity contribution is 7.88. The van der Waals surface area contributed by atoms with Gasteiger partial charge in [-0.05, 0) is 13.8 Å². The minimum atomic E-state index is -3.23. The smallest absolute Gasteiger partial charge is 0.212 e. The van der Waals surface area contributed by atoms with E-state index < -0.39 is 15.6 Å². The van der Waals surface area contributed by atoms with Crippen molar-refractivity contribution in [3.63, 3.8) is 0 Å². The molecule has 1 fully saturated rings. The molecule has 70 valence electrons. The molecule has 0 unspecified atom stereocenters. The standard InChI is InChI=1S/C7H13NO3S/c1-7(2)6(9)4-5-8(7)12(3,10)11/h4-5H2,1-3H3. The van der Waals surface area contributed by atoms with Gasteiger partial charge in [0.25, 0.3) is 0 Å². The van der Waals surface area contributed by atoms with E-state index >= 15 is 0 Å². The van der Waals surface area contributed by atoms with Gasteiger partial charge in [0.05, 0.1) is 11.8 Å². The van der Waals surface area contributed by atoms with E-state index in [1.807, 2.05) is 0 Å². The van der Waals surface area contributed by atoms with Crippen molar-refractivity contribution in [2.24, 2.45) is 0 Å². The van der Waals surface area contributed by atoms with Gasteiger partial charge in [0.15, 0.2) is 5.78 Å². The van der Waals surface area contributed by atoms with Crippen molar-refractivity contribution in [3.05, 3.63) is 0 Å². The maximum absolute atomic E-state index is 11.2. The van der Waals surface area contributed by atoms with Crippen molar-refractivity contribution in [2.75, 3.05) is 12.8 Å². The van der Waals surface area contributed by atoms with Crippen LogP contribution in [-0.4, -0.2) is 36.8 Å². The van der Waals surface area contributed by atoms with Crippen molar-refractivity contribution < 1.29 is 13.2 Å². The summed E-state index contributed by atoms with van der Waals surface area (Å²) in [6.45, 7) is 3.61. The zero-order valence-electron chi connectivity index (χ0n) is 7.49. The minimum absolute atomic E-state index is 0.00655. The summed E-state index contributed by atoms with van der Waals surface area (Å²) in [5.41, 5.74) is -0.840. The highest BCUT2D eigenvalue weighted by Gasteiger charge is 2.44. The molecule has 1 saturated heterocycles. The summed E-state index contributed by atoms with van der Waals surface area (Å²) in [5, 5.41) is 0. The van der Waals surface area contributed by atoms with E-state index in [0.29, 0.717) is 13.0 Å². The lowest BCUT2D eigenvalue weighted by Crippen LogP contribution is -2.45. The van der Waals surface area contributed by atoms with E-state index in [9.17, 15) is 13.2 Å². The fraction of sp³-hybridized carbons (Fsp3) is 0.857. The summed E-state index contributed by atoms with van der Waals surface area (Å²) in [4.78, 5) is 11.2. The average Bonchev–Trinajstić information content (AvgIpc) is 2.06. The van der Waals surface area contributed by atoms with Crippen LogP contribution < -0.4 is 0 Å². The molecule has 0 aromatic rings. The van der Waals surface area contributed by atoms with Crippen molar-refractivity contribution in [2.45, 2.75) is 25.8 Å². The molecule has 1 aliphatic heterocycles. The Bertz CT molecular complexity index is 305. The monoisotopic (exact) mass is 191 g/mol. The van der Waals surface area contributed by atoms with E-state index in [4.69, 9.17) is 0 Å². The largest absolute Gasteiger partial charge is 0.298 e. The number of Topliss-reactive ketones (excluding diaryl/α,β-unsaturated/α-hetero) is 1. The Hall–Kier alpha value is -0.420. The Morgan fingerprint density at radius 3 is 2.08 bits per heavy atom. The fourth-order valence-electron chi connectivity index (χ4n) is 1.51. The summed E-state index contributed by atoms with van der Waals surface area (Å²) in [6.07, 6.45) is 1.47. The van der Waals surface area contributed by atoms with Crippen LogP contribution in [0.25, 0.3) is 0 Å². The van der Waals surface area contributed by atoms with Crippen molar-refractivity contribution in [1.82, 2.24) is 4.31 Å². The van der Waals surface area contributed by atoms with Crippen LogP contribution in [0.4, 0.5) is 0 Å².